The van der Waals surface area contributed by atoms with Crippen LogP contribution in [0.15, 0.2) is 110 Å². The Morgan fingerprint density at radius 2 is 1.63 bits per heavy atom. The molecule has 0 aliphatic rings. The summed E-state index contributed by atoms with van der Waals surface area (Å²) in [6, 6.07) is 27.3. The maximum atomic E-state index is 12.6. The first kappa shape index (κ1) is 30.4. The highest BCUT2D eigenvalue weighted by molar-refractivity contribution is 9.11. The van der Waals surface area contributed by atoms with Gasteiger partial charge in [-0.05, 0) is 98.1 Å². The molecule has 1 heterocycles. The summed E-state index contributed by atoms with van der Waals surface area (Å²) in [5, 5.41) is 13.4. The van der Waals surface area contributed by atoms with E-state index in [2.05, 4.69) is 58.0 Å². The Balaban J connectivity index is 1.13. The van der Waals surface area contributed by atoms with Gasteiger partial charge in [0.1, 0.15) is 5.75 Å². The maximum absolute atomic E-state index is 12.6. The van der Waals surface area contributed by atoms with Crippen molar-refractivity contribution in [2.24, 2.45) is 5.10 Å². The molecule has 0 atom stereocenters. The number of amides is 2. The lowest BCUT2D eigenvalue weighted by molar-refractivity contribution is -0.118. The maximum Gasteiger partial charge on any atom is 0.271 e. The Kier molecular flexibility index (Phi) is 10.2. The monoisotopic (exact) mass is 737 g/mol. The average molecular weight is 740 g/mol. The van der Waals surface area contributed by atoms with Crippen molar-refractivity contribution < 1.29 is 14.3 Å². The van der Waals surface area contributed by atoms with Gasteiger partial charge in [0, 0.05) is 32.9 Å². The molecule has 8 nitrogen and oxygen atoms in total. The molecule has 0 saturated heterocycles. The zero-order valence-corrected chi connectivity index (χ0v) is 26.9. The first-order chi connectivity index (χ1) is 20.8. The van der Waals surface area contributed by atoms with Crippen LogP contribution in [-0.2, 0) is 4.79 Å². The van der Waals surface area contributed by atoms with E-state index in [9.17, 15) is 9.59 Å². The predicted octanol–water partition coefficient (Wildman–Crippen LogP) is 8.51. The van der Waals surface area contributed by atoms with Crippen LogP contribution in [0.1, 0.15) is 15.9 Å². The lowest BCUT2D eigenvalue weighted by Gasteiger charge is -2.11. The molecule has 0 spiro atoms. The third-order valence-electron chi connectivity index (χ3n) is 5.85. The van der Waals surface area contributed by atoms with E-state index in [0.29, 0.717) is 36.5 Å². The molecule has 43 heavy (non-hydrogen) atoms. The quantitative estimate of drug-likeness (QED) is 0.0985. The summed E-state index contributed by atoms with van der Waals surface area (Å²) >= 11 is 14.3. The standard InChI is InChI=1S/C31H22Br2ClN5O3S/c32-25-14-19(15-26(33)29(25)42-17-28(40)36-24-12-10-22(34)11-13-24)16-35-39-30(41)21-8-6-20(7-9-21)27-18-43-31(38-27)37-23-4-2-1-3-5-23/h1-16,18H,17H2,(H,36,40)(H,37,38)(H,39,41)/b35-16+. The largest absolute Gasteiger partial charge is 0.481 e. The van der Waals surface area contributed by atoms with Crippen LogP contribution in [0.5, 0.6) is 5.75 Å². The molecule has 0 fully saturated rings. The number of rotatable bonds is 10. The highest BCUT2D eigenvalue weighted by Crippen LogP contribution is 2.34. The van der Waals surface area contributed by atoms with Crippen LogP contribution >= 0.6 is 54.8 Å². The molecule has 3 N–H and O–H groups in total. The molecule has 5 aromatic rings. The zero-order valence-electron chi connectivity index (χ0n) is 22.2. The number of nitrogens with one attached hydrogen (secondary N) is 3. The van der Waals surface area contributed by atoms with E-state index in [4.69, 9.17) is 16.3 Å². The van der Waals surface area contributed by atoms with Crippen molar-refractivity contribution in [2.75, 3.05) is 17.2 Å². The minimum Gasteiger partial charge on any atom is -0.481 e. The van der Waals surface area contributed by atoms with Crippen LogP contribution in [0.3, 0.4) is 0 Å². The molecular formula is C31H22Br2ClN5O3S. The number of hydrazone groups is 1. The van der Waals surface area contributed by atoms with E-state index in [-0.39, 0.29) is 18.4 Å². The fourth-order valence-corrected chi connectivity index (χ4v) is 6.11. The predicted molar refractivity (Wildman–Crippen MR) is 180 cm³/mol. The van der Waals surface area contributed by atoms with Gasteiger partial charge in [-0.2, -0.15) is 5.10 Å². The highest BCUT2D eigenvalue weighted by Gasteiger charge is 2.12. The topological polar surface area (TPSA) is 105 Å². The molecule has 216 valence electrons. The molecule has 12 heteroatoms. The molecule has 2 amide bonds. The van der Waals surface area contributed by atoms with Crippen LogP contribution < -0.4 is 20.8 Å². The van der Waals surface area contributed by atoms with Gasteiger partial charge in [0.05, 0.1) is 20.9 Å². The average Bonchev–Trinajstić information content (AvgIpc) is 3.47. The molecule has 0 aliphatic carbocycles. The highest BCUT2D eigenvalue weighted by atomic mass is 79.9. The fraction of sp³-hybridized carbons (Fsp3) is 0.0323. The van der Waals surface area contributed by atoms with E-state index in [0.717, 1.165) is 22.1 Å². The number of hydrogen-bond acceptors (Lipinski definition) is 7. The zero-order chi connectivity index (χ0) is 30.2. The van der Waals surface area contributed by atoms with Crippen molar-refractivity contribution in [1.82, 2.24) is 10.4 Å². The van der Waals surface area contributed by atoms with E-state index in [1.54, 1.807) is 48.5 Å². The van der Waals surface area contributed by atoms with Gasteiger partial charge in [0.2, 0.25) is 0 Å². The number of aromatic nitrogens is 1. The number of anilines is 3. The Morgan fingerprint density at radius 1 is 0.930 bits per heavy atom. The van der Waals surface area contributed by atoms with Crippen molar-refractivity contribution in [2.45, 2.75) is 0 Å². The van der Waals surface area contributed by atoms with Crippen LogP contribution in [0.25, 0.3) is 11.3 Å². The van der Waals surface area contributed by atoms with Gasteiger partial charge in [0.25, 0.3) is 11.8 Å². The van der Waals surface area contributed by atoms with E-state index >= 15 is 0 Å². The van der Waals surface area contributed by atoms with Gasteiger partial charge in [-0.1, -0.05) is 41.9 Å². The van der Waals surface area contributed by atoms with Crippen LogP contribution in [0.2, 0.25) is 5.02 Å². The van der Waals surface area contributed by atoms with E-state index in [1.807, 2.05) is 47.8 Å². The number of hydrogen-bond donors (Lipinski definition) is 3. The number of carbonyl (C=O) groups excluding carboxylic acids is 2. The van der Waals surface area contributed by atoms with Crippen molar-refractivity contribution in [3.63, 3.8) is 0 Å². The van der Waals surface area contributed by atoms with Gasteiger partial charge in [0.15, 0.2) is 11.7 Å². The van der Waals surface area contributed by atoms with E-state index < -0.39 is 0 Å². The first-order valence-electron chi connectivity index (χ1n) is 12.7. The number of halogens is 3. The number of carbonyl (C=O) groups is 2. The van der Waals surface area contributed by atoms with Crippen molar-refractivity contribution in [3.8, 4) is 17.0 Å². The normalized spacial score (nSPS) is 10.9. The Morgan fingerprint density at radius 3 is 2.33 bits per heavy atom. The van der Waals surface area contributed by atoms with Gasteiger partial charge < -0.3 is 15.4 Å². The van der Waals surface area contributed by atoms with E-state index in [1.165, 1.54) is 17.6 Å². The number of thiazole rings is 1. The fourth-order valence-electron chi connectivity index (χ4n) is 3.79. The molecule has 5 rings (SSSR count). The molecule has 0 aliphatic heterocycles. The lowest BCUT2D eigenvalue weighted by atomic mass is 10.1. The molecule has 0 radical (unpaired) electrons. The van der Waals surface area contributed by atoms with Crippen LogP contribution in [0, 0.1) is 0 Å². The van der Waals surface area contributed by atoms with Gasteiger partial charge in [-0.15, -0.1) is 11.3 Å². The van der Waals surface area contributed by atoms with Crippen molar-refractivity contribution in [3.05, 3.63) is 121 Å². The van der Waals surface area contributed by atoms with Gasteiger partial charge in [-0.3, -0.25) is 9.59 Å². The summed E-state index contributed by atoms with van der Waals surface area (Å²) in [4.78, 5) is 29.5. The molecule has 0 unspecified atom stereocenters. The number of para-hydroxylation sites is 1. The minimum absolute atomic E-state index is 0.198. The van der Waals surface area contributed by atoms with Crippen molar-refractivity contribution in [1.29, 1.82) is 0 Å². The second-order valence-electron chi connectivity index (χ2n) is 8.96. The first-order valence-corrected chi connectivity index (χ1v) is 15.6. The Hall–Kier alpha value is -4.03. The van der Waals surface area contributed by atoms with Crippen LogP contribution in [0.4, 0.5) is 16.5 Å². The molecule has 0 saturated carbocycles. The third-order valence-corrected chi connectivity index (χ3v) is 8.04. The Bertz CT molecular complexity index is 1740. The summed E-state index contributed by atoms with van der Waals surface area (Å²) in [6.45, 7) is -0.198. The second-order valence-corrected chi connectivity index (χ2v) is 12.0. The SMILES string of the molecule is O=C(COc1c(Br)cc(/C=N/NC(=O)c2ccc(-c3csc(Nc4ccccc4)n3)cc2)cc1Br)Nc1ccc(Cl)cc1. The minimum atomic E-state index is -0.350. The molecule has 1 aromatic heterocycles. The molecule has 0 bridgehead atoms. The van der Waals surface area contributed by atoms with Crippen LogP contribution in [-0.4, -0.2) is 29.6 Å². The third kappa shape index (κ3) is 8.51. The second kappa shape index (κ2) is 14.4. The smallest absolute Gasteiger partial charge is 0.271 e. The van der Waals surface area contributed by atoms with Gasteiger partial charge in [-0.25, -0.2) is 10.4 Å². The molecule has 4 aromatic carbocycles. The summed E-state index contributed by atoms with van der Waals surface area (Å²) in [7, 11) is 0. The number of ether oxygens (including phenoxy) is 1. The summed E-state index contributed by atoms with van der Waals surface area (Å²) in [5.74, 6) is -0.216. The van der Waals surface area contributed by atoms with Crippen molar-refractivity contribution >= 4 is 89.3 Å². The summed E-state index contributed by atoms with van der Waals surface area (Å²) < 4.78 is 6.91. The summed E-state index contributed by atoms with van der Waals surface area (Å²) in [5.41, 5.74) is 7.00. The Labute approximate surface area is 273 Å². The van der Waals surface area contributed by atoms with Gasteiger partial charge >= 0.3 is 0 Å². The number of benzene rings is 4. The number of nitrogens with zero attached hydrogens (tertiary/aromatic N) is 2. The molecular weight excluding hydrogens is 718 g/mol. The lowest BCUT2D eigenvalue weighted by Crippen LogP contribution is -2.20. The summed E-state index contributed by atoms with van der Waals surface area (Å²) in [6.07, 6.45) is 1.51.